The lowest BCUT2D eigenvalue weighted by Crippen LogP contribution is -2.32. The molecule has 0 saturated heterocycles. The van der Waals surface area contributed by atoms with Gasteiger partial charge in [0.05, 0.1) is 31.1 Å². The summed E-state index contributed by atoms with van der Waals surface area (Å²) >= 11 is 0. The number of non-ortho nitro benzene ring substituents is 1. The van der Waals surface area contributed by atoms with Gasteiger partial charge in [0.2, 0.25) is 0 Å². The maximum Gasteiger partial charge on any atom is 0.327 e. The highest BCUT2D eigenvalue weighted by Crippen LogP contribution is 2.33. The van der Waals surface area contributed by atoms with Gasteiger partial charge in [-0.25, -0.2) is 4.68 Å². The van der Waals surface area contributed by atoms with Gasteiger partial charge >= 0.3 is 11.9 Å². The van der Waals surface area contributed by atoms with Crippen molar-refractivity contribution in [2.45, 2.75) is 32.0 Å². The summed E-state index contributed by atoms with van der Waals surface area (Å²) < 4.78 is 11.2. The van der Waals surface area contributed by atoms with E-state index in [-0.39, 0.29) is 36.2 Å². The number of phenols is 1. The zero-order valence-corrected chi connectivity index (χ0v) is 19.4. The standard InChI is InChI=1S/C22H24N6O8/c1-3-36-20(32)12-27-22(24-25-26-27)21(14-7-8-18(35-2)17(29)10-14)23-16(11-19(30)31)13-5-4-6-15(9-13)28(33)34/h4-10,16,21,23,29H,3,11-12H2,1-2H3,(H,30,31). The predicted molar refractivity (Wildman–Crippen MR) is 122 cm³/mol. The number of aromatic hydroxyl groups is 1. The molecule has 0 aliphatic heterocycles. The maximum atomic E-state index is 12.1. The molecule has 2 aromatic carbocycles. The van der Waals surface area contributed by atoms with Crippen molar-refractivity contribution in [3.05, 3.63) is 69.5 Å². The second-order valence-electron chi connectivity index (χ2n) is 7.53. The first kappa shape index (κ1) is 26.0. The highest BCUT2D eigenvalue weighted by Gasteiger charge is 2.29. The number of carboxylic acid groups (broad SMARTS) is 1. The van der Waals surface area contributed by atoms with E-state index >= 15 is 0 Å². The minimum absolute atomic E-state index is 0.119. The number of hydrogen-bond acceptors (Lipinski definition) is 11. The van der Waals surface area contributed by atoms with Gasteiger partial charge < -0.3 is 19.7 Å². The van der Waals surface area contributed by atoms with Crippen LogP contribution in [-0.4, -0.2) is 61.0 Å². The number of nitrogens with zero attached hydrogens (tertiary/aromatic N) is 5. The van der Waals surface area contributed by atoms with E-state index in [0.717, 1.165) is 0 Å². The van der Waals surface area contributed by atoms with Gasteiger partial charge in [-0.15, -0.1) is 5.10 Å². The van der Waals surface area contributed by atoms with Crippen molar-refractivity contribution >= 4 is 17.6 Å². The highest BCUT2D eigenvalue weighted by molar-refractivity contribution is 5.69. The molecule has 2 atom stereocenters. The van der Waals surface area contributed by atoms with E-state index in [2.05, 4.69) is 20.8 Å². The number of nitro benzene ring substituents is 1. The molecule has 1 heterocycles. The van der Waals surface area contributed by atoms with Crippen LogP contribution in [0.3, 0.4) is 0 Å². The highest BCUT2D eigenvalue weighted by atomic mass is 16.6. The molecule has 0 aliphatic rings. The van der Waals surface area contributed by atoms with Crippen molar-refractivity contribution < 1.29 is 34.2 Å². The van der Waals surface area contributed by atoms with Crippen LogP contribution in [0, 0.1) is 10.1 Å². The lowest BCUT2D eigenvalue weighted by atomic mass is 9.98. The fraction of sp³-hybridized carbons (Fsp3) is 0.318. The molecule has 36 heavy (non-hydrogen) atoms. The Bertz CT molecular complexity index is 1250. The number of carbonyl (C=O) groups is 2. The van der Waals surface area contributed by atoms with E-state index in [1.165, 1.54) is 42.1 Å². The Hall–Kier alpha value is -4.59. The predicted octanol–water partition coefficient (Wildman–Crippen LogP) is 1.75. The van der Waals surface area contributed by atoms with E-state index in [1.807, 2.05) is 0 Å². The van der Waals surface area contributed by atoms with Crippen LogP contribution in [0.1, 0.15) is 42.4 Å². The lowest BCUT2D eigenvalue weighted by molar-refractivity contribution is -0.384. The summed E-state index contributed by atoms with van der Waals surface area (Å²) in [7, 11) is 1.38. The molecule has 0 bridgehead atoms. The average molecular weight is 500 g/mol. The first-order chi connectivity index (χ1) is 17.2. The van der Waals surface area contributed by atoms with Crippen LogP contribution in [0.25, 0.3) is 0 Å². The summed E-state index contributed by atoms with van der Waals surface area (Å²) in [6, 6.07) is 8.15. The Balaban J connectivity index is 2.09. The number of carboxylic acids is 1. The molecule has 2 unspecified atom stereocenters. The number of nitro groups is 1. The quantitative estimate of drug-likeness (QED) is 0.186. The molecule has 0 amide bonds. The third-order valence-electron chi connectivity index (χ3n) is 5.17. The molecule has 14 heteroatoms. The summed E-state index contributed by atoms with van der Waals surface area (Å²) in [5, 5.41) is 45.8. The van der Waals surface area contributed by atoms with Crippen molar-refractivity contribution in [3.63, 3.8) is 0 Å². The van der Waals surface area contributed by atoms with Gasteiger partial charge in [0.1, 0.15) is 6.54 Å². The molecule has 3 N–H and O–H groups in total. The molecule has 1 aromatic heterocycles. The smallest absolute Gasteiger partial charge is 0.327 e. The zero-order chi connectivity index (χ0) is 26.2. The third kappa shape index (κ3) is 6.29. The lowest BCUT2D eigenvalue weighted by Gasteiger charge is -2.25. The Kier molecular flexibility index (Phi) is 8.46. The average Bonchev–Trinajstić information content (AvgIpc) is 3.29. The number of ether oxygens (including phenoxy) is 2. The fourth-order valence-electron chi connectivity index (χ4n) is 3.57. The van der Waals surface area contributed by atoms with Crippen molar-refractivity contribution in [1.29, 1.82) is 0 Å². The van der Waals surface area contributed by atoms with Gasteiger partial charge in [-0.1, -0.05) is 18.2 Å². The summed E-state index contributed by atoms with van der Waals surface area (Å²) in [6.45, 7) is 1.48. The van der Waals surface area contributed by atoms with Crippen LogP contribution in [0.5, 0.6) is 11.5 Å². The van der Waals surface area contributed by atoms with E-state index < -0.39 is 35.4 Å². The number of phenolic OH excluding ortho intramolecular Hbond substituents is 1. The Labute approximate surface area is 204 Å². The van der Waals surface area contributed by atoms with Crippen LogP contribution in [0.15, 0.2) is 42.5 Å². The Morgan fingerprint density at radius 3 is 2.64 bits per heavy atom. The van der Waals surface area contributed by atoms with Gasteiger partial charge in [0, 0.05) is 18.2 Å². The molecular formula is C22H24N6O8. The summed E-state index contributed by atoms with van der Waals surface area (Å²) in [5.41, 5.74) is 0.531. The van der Waals surface area contributed by atoms with Crippen LogP contribution in [-0.2, 0) is 20.9 Å². The molecule has 3 aromatic rings. The molecule has 14 nitrogen and oxygen atoms in total. The number of methoxy groups -OCH3 is 1. The summed E-state index contributed by atoms with van der Waals surface area (Å²) in [4.78, 5) is 34.5. The monoisotopic (exact) mass is 500 g/mol. The Morgan fingerprint density at radius 1 is 1.22 bits per heavy atom. The first-order valence-electron chi connectivity index (χ1n) is 10.7. The fourth-order valence-corrected chi connectivity index (χ4v) is 3.57. The minimum atomic E-state index is -1.17. The van der Waals surface area contributed by atoms with Crippen molar-refractivity contribution in [2.75, 3.05) is 13.7 Å². The molecule has 0 fully saturated rings. The zero-order valence-electron chi connectivity index (χ0n) is 19.4. The normalized spacial score (nSPS) is 12.5. The number of benzene rings is 2. The first-order valence-corrected chi connectivity index (χ1v) is 10.7. The molecule has 0 spiro atoms. The van der Waals surface area contributed by atoms with E-state index in [0.29, 0.717) is 11.1 Å². The van der Waals surface area contributed by atoms with E-state index in [4.69, 9.17) is 9.47 Å². The molecule has 0 saturated carbocycles. The van der Waals surface area contributed by atoms with Gasteiger partial charge in [0.15, 0.2) is 17.3 Å². The second kappa shape index (κ2) is 11.7. The molecule has 3 rings (SSSR count). The number of aliphatic carboxylic acids is 1. The number of aromatic nitrogens is 4. The van der Waals surface area contributed by atoms with Gasteiger partial charge in [-0.3, -0.25) is 25.0 Å². The molecule has 0 radical (unpaired) electrons. The van der Waals surface area contributed by atoms with Crippen LogP contribution < -0.4 is 10.1 Å². The van der Waals surface area contributed by atoms with Crippen molar-refractivity contribution in [2.24, 2.45) is 0 Å². The number of rotatable bonds is 12. The molecule has 0 aliphatic carbocycles. The largest absolute Gasteiger partial charge is 0.504 e. The van der Waals surface area contributed by atoms with Crippen LogP contribution >= 0.6 is 0 Å². The summed E-state index contributed by atoms with van der Waals surface area (Å²) in [6.07, 6.45) is -0.445. The molecular weight excluding hydrogens is 476 g/mol. The van der Waals surface area contributed by atoms with E-state index in [1.54, 1.807) is 19.1 Å². The topological polar surface area (TPSA) is 192 Å². The Morgan fingerprint density at radius 2 is 2.00 bits per heavy atom. The van der Waals surface area contributed by atoms with Gasteiger partial charge in [-0.05, 0) is 40.6 Å². The van der Waals surface area contributed by atoms with Crippen LogP contribution in [0.4, 0.5) is 5.69 Å². The maximum absolute atomic E-state index is 12.1. The van der Waals surface area contributed by atoms with E-state index in [9.17, 15) is 29.9 Å². The number of esters is 1. The van der Waals surface area contributed by atoms with Crippen molar-refractivity contribution in [3.8, 4) is 11.5 Å². The van der Waals surface area contributed by atoms with Crippen molar-refractivity contribution in [1.82, 2.24) is 25.5 Å². The number of hydrogen-bond donors (Lipinski definition) is 3. The van der Waals surface area contributed by atoms with Gasteiger partial charge in [-0.2, -0.15) is 0 Å². The minimum Gasteiger partial charge on any atom is -0.504 e. The number of carbonyl (C=O) groups excluding carboxylic acids is 1. The number of nitrogens with one attached hydrogen (secondary N) is 1. The molecule has 190 valence electrons. The van der Waals surface area contributed by atoms with Crippen LogP contribution in [0.2, 0.25) is 0 Å². The summed E-state index contributed by atoms with van der Waals surface area (Å²) in [5.74, 6) is -1.64. The SMILES string of the molecule is CCOC(=O)Cn1nnnc1C(NC(CC(=O)O)c1cccc([N+](=O)[O-])c1)c1ccc(OC)c(O)c1. The number of tetrazole rings is 1. The third-order valence-corrected chi connectivity index (χ3v) is 5.17. The second-order valence-corrected chi connectivity index (χ2v) is 7.53. The van der Waals surface area contributed by atoms with Gasteiger partial charge in [0.25, 0.3) is 5.69 Å².